The molecule has 0 aromatic heterocycles. The molecule has 0 unspecified atom stereocenters. The lowest BCUT2D eigenvalue weighted by Gasteiger charge is -2.16. The highest BCUT2D eigenvalue weighted by atomic mass is 35.5. The van der Waals surface area contributed by atoms with Crippen molar-refractivity contribution >= 4 is 17.6 Å². The number of esters is 1. The minimum atomic E-state index is -0.345. The lowest BCUT2D eigenvalue weighted by atomic mass is 10.1. The van der Waals surface area contributed by atoms with Gasteiger partial charge < -0.3 is 4.74 Å². The van der Waals surface area contributed by atoms with Gasteiger partial charge in [-0.1, -0.05) is 44.2 Å². The number of halogens is 1. The second kappa shape index (κ2) is 5.76. The average molecular weight is 227 g/mol. The topological polar surface area (TPSA) is 26.3 Å². The maximum Gasteiger partial charge on any atom is 0.309 e. The summed E-state index contributed by atoms with van der Waals surface area (Å²) in [4.78, 5) is 11.4. The number of hydrogen-bond donors (Lipinski definition) is 0. The van der Waals surface area contributed by atoms with Crippen LogP contribution >= 0.6 is 11.6 Å². The summed E-state index contributed by atoms with van der Waals surface area (Å²) >= 11 is 5.77. The van der Waals surface area contributed by atoms with Crippen molar-refractivity contribution in [2.24, 2.45) is 5.92 Å². The second-order valence-electron chi connectivity index (χ2n) is 3.65. The van der Waals surface area contributed by atoms with Crippen LogP contribution in [0.3, 0.4) is 0 Å². The van der Waals surface area contributed by atoms with Gasteiger partial charge in [-0.15, -0.1) is 11.6 Å². The first-order valence-electron chi connectivity index (χ1n) is 4.96. The number of benzene rings is 1. The van der Waals surface area contributed by atoms with Crippen LogP contribution in [0.1, 0.15) is 25.5 Å². The van der Waals surface area contributed by atoms with Crippen LogP contribution in [0.2, 0.25) is 0 Å². The summed E-state index contributed by atoms with van der Waals surface area (Å²) in [5.41, 5.74) is 0.932. The molecule has 1 rings (SSSR count). The zero-order valence-corrected chi connectivity index (χ0v) is 9.70. The standard InChI is InChI=1S/C12H15ClO2/c1-9(2)12(14)15-11(8-13)10-6-4-3-5-7-10/h3-7,9,11H,8H2,1-2H3/t11-/m0/s1. The van der Waals surface area contributed by atoms with E-state index >= 15 is 0 Å². The highest BCUT2D eigenvalue weighted by molar-refractivity contribution is 6.18. The predicted molar refractivity (Wildman–Crippen MR) is 60.8 cm³/mol. The molecule has 15 heavy (non-hydrogen) atoms. The molecule has 82 valence electrons. The van der Waals surface area contributed by atoms with Gasteiger partial charge >= 0.3 is 5.97 Å². The molecule has 1 aromatic carbocycles. The van der Waals surface area contributed by atoms with Crippen LogP contribution in [-0.4, -0.2) is 11.8 Å². The number of hydrogen-bond acceptors (Lipinski definition) is 2. The summed E-state index contributed by atoms with van der Waals surface area (Å²) in [7, 11) is 0. The fourth-order valence-electron chi connectivity index (χ4n) is 1.13. The van der Waals surface area contributed by atoms with E-state index in [1.165, 1.54) is 0 Å². The predicted octanol–water partition coefficient (Wildman–Crippen LogP) is 3.17. The third-order valence-electron chi connectivity index (χ3n) is 2.04. The Morgan fingerprint density at radius 1 is 1.33 bits per heavy atom. The number of carbonyl (C=O) groups excluding carboxylic acids is 1. The maximum absolute atomic E-state index is 11.4. The lowest BCUT2D eigenvalue weighted by Crippen LogP contribution is -2.17. The Hall–Kier alpha value is -1.02. The van der Waals surface area contributed by atoms with Gasteiger partial charge in [-0.2, -0.15) is 0 Å². The lowest BCUT2D eigenvalue weighted by molar-refractivity contribution is -0.152. The molecule has 0 fully saturated rings. The quantitative estimate of drug-likeness (QED) is 0.582. The SMILES string of the molecule is CC(C)C(=O)O[C@@H](CCl)c1ccccc1. The normalized spacial score (nSPS) is 12.5. The van der Waals surface area contributed by atoms with Gasteiger partial charge in [0, 0.05) is 0 Å². The molecular formula is C12H15ClO2. The monoisotopic (exact) mass is 226 g/mol. The highest BCUT2D eigenvalue weighted by Crippen LogP contribution is 2.19. The fourth-order valence-corrected chi connectivity index (χ4v) is 1.37. The van der Waals surface area contributed by atoms with Gasteiger partial charge in [0.25, 0.3) is 0 Å². The van der Waals surface area contributed by atoms with Crippen molar-refractivity contribution < 1.29 is 9.53 Å². The smallest absolute Gasteiger partial charge is 0.309 e. The highest BCUT2D eigenvalue weighted by Gasteiger charge is 2.17. The first kappa shape index (κ1) is 12.1. The minimum absolute atomic E-state index is 0.126. The zero-order valence-electron chi connectivity index (χ0n) is 8.94. The van der Waals surface area contributed by atoms with E-state index in [0.29, 0.717) is 0 Å². The van der Waals surface area contributed by atoms with Crippen LogP contribution < -0.4 is 0 Å². The third-order valence-corrected chi connectivity index (χ3v) is 2.32. The van der Waals surface area contributed by atoms with Crippen LogP contribution in [0.15, 0.2) is 30.3 Å². The van der Waals surface area contributed by atoms with Gasteiger partial charge in [0.1, 0.15) is 6.10 Å². The van der Waals surface area contributed by atoms with Crippen LogP contribution in [0.4, 0.5) is 0 Å². The number of rotatable bonds is 4. The third kappa shape index (κ3) is 3.56. The fraction of sp³-hybridized carbons (Fsp3) is 0.417. The first-order valence-corrected chi connectivity index (χ1v) is 5.50. The Bertz CT molecular complexity index is 309. The molecule has 0 aliphatic rings. The van der Waals surface area contributed by atoms with Crippen molar-refractivity contribution in [3.63, 3.8) is 0 Å². The molecule has 1 aromatic rings. The Kier molecular flexibility index (Phi) is 4.63. The van der Waals surface area contributed by atoms with E-state index in [2.05, 4.69) is 0 Å². The van der Waals surface area contributed by atoms with Crippen LogP contribution in [0, 0.1) is 5.92 Å². The van der Waals surface area contributed by atoms with E-state index in [9.17, 15) is 4.79 Å². The molecule has 0 amide bonds. The van der Waals surface area contributed by atoms with E-state index in [-0.39, 0.29) is 23.9 Å². The minimum Gasteiger partial charge on any atom is -0.456 e. The van der Waals surface area contributed by atoms with Crippen molar-refractivity contribution in [3.8, 4) is 0 Å². The molecule has 0 spiro atoms. The molecule has 1 atom stereocenters. The van der Waals surface area contributed by atoms with E-state index < -0.39 is 0 Å². The molecule has 0 aliphatic carbocycles. The molecule has 0 heterocycles. The van der Waals surface area contributed by atoms with Crippen molar-refractivity contribution in [2.75, 3.05) is 5.88 Å². The summed E-state index contributed by atoms with van der Waals surface area (Å²) in [5, 5.41) is 0. The van der Waals surface area contributed by atoms with Gasteiger partial charge in [0.05, 0.1) is 11.8 Å². The van der Waals surface area contributed by atoms with Crippen LogP contribution in [0.25, 0.3) is 0 Å². The van der Waals surface area contributed by atoms with Crippen LogP contribution in [0.5, 0.6) is 0 Å². The Morgan fingerprint density at radius 2 is 1.93 bits per heavy atom. The van der Waals surface area contributed by atoms with Gasteiger partial charge in [-0.05, 0) is 5.56 Å². The first-order chi connectivity index (χ1) is 7.15. The summed E-state index contributed by atoms with van der Waals surface area (Å²) in [6.07, 6.45) is -0.345. The number of ether oxygens (including phenoxy) is 1. The summed E-state index contributed by atoms with van der Waals surface area (Å²) < 4.78 is 5.28. The average Bonchev–Trinajstić information content (AvgIpc) is 2.26. The summed E-state index contributed by atoms with van der Waals surface area (Å²) in [6.45, 7) is 3.61. The van der Waals surface area contributed by atoms with E-state index in [4.69, 9.17) is 16.3 Å². The van der Waals surface area contributed by atoms with Crippen LogP contribution in [-0.2, 0) is 9.53 Å². The molecule has 0 bridgehead atoms. The maximum atomic E-state index is 11.4. The van der Waals surface area contributed by atoms with Crippen molar-refractivity contribution in [2.45, 2.75) is 20.0 Å². The van der Waals surface area contributed by atoms with E-state index in [0.717, 1.165) is 5.56 Å². The Balaban J connectivity index is 2.69. The molecule has 0 saturated carbocycles. The molecule has 2 nitrogen and oxygen atoms in total. The Morgan fingerprint density at radius 3 is 2.40 bits per heavy atom. The zero-order chi connectivity index (χ0) is 11.3. The molecule has 0 aliphatic heterocycles. The molecule has 3 heteroatoms. The van der Waals surface area contributed by atoms with Crippen molar-refractivity contribution in [3.05, 3.63) is 35.9 Å². The van der Waals surface area contributed by atoms with Gasteiger partial charge in [-0.25, -0.2) is 0 Å². The Labute approximate surface area is 95.2 Å². The van der Waals surface area contributed by atoms with E-state index in [1.807, 2.05) is 30.3 Å². The molecule has 0 saturated heterocycles. The second-order valence-corrected chi connectivity index (χ2v) is 3.95. The summed E-state index contributed by atoms with van der Waals surface area (Å²) in [6, 6.07) is 9.52. The molecule has 0 N–H and O–H groups in total. The largest absolute Gasteiger partial charge is 0.456 e. The van der Waals surface area contributed by atoms with Crippen molar-refractivity contribution in [1.82, 2.24) is 0 Å². The number of alkyl halides is 1. The van der Waals surface area contributed by atoms with Gasteiger partial charge in [0.15, 0.2) is 0 Å². The van der Waals surface area contributed by atoms with Crippen molar-refractivity contribution in [1.29, 1.82) is 0 Å². The van der Waals surface area contributed by atoms with Gasteiger partial charge in [0.2, 0.25) is 0 Å². The van der Waals surface area contributed by atoms with E-state index in [1.54, 1.807) is 13.8 Å². The number of carbonyl (C=O) groups is 1. The molecule has 0 radical (unpaired) electrons. The molecular weight excluding hydrogens is 212 g/mol. The summed E-state index contributed by atoms with van der Waals surface area (Å²) in [5.74, 6) is -0.0634. The van der Waals surface area contributed by atoms with Gasteiger partial charge in [-0.3, -0.25) is 4.79 Å².